The minimum Gasteiger partial charge on any atom is -0.335 e. The molecule has 0 bridgehead atoms. The first-order valence-corrected chi connectivity index (χ1v) is 3.77. The maximum absolute atomic E-state index is 10.5. The summed E-state index contributed by atoms with van der Waals surface area (Å²) in [5.41, 5.74) is -2.58. The Bertz CT molecular complexity index is 562. The second-order valence-electron chi connectivity index (χ2n) is 2.51. The van der Waals surface area contributed by atoms with Crippen LogP contribution in [0, 0.1) is 0 Å². The Morgan fingerprint density at radius 1 is 0.562 bits per heavy atom. The molecule has 6 nitrogen and oxygen atoms in total. The largest absolute Gasteiger partial charge is 0.335 e. The maximum Gasteiger partial charge on any atom is 0.152 e. The van der Waals surface area contributed by atoms with Gasteiger partial charge in [0.25, 0.3) is 0 Å². The van der Waals surface area contributed by atoms with E-state index >= 15 is 0 Å². The quantitative estimate of drug-likeness (QED) is 0.483. The van der Waals surface area contributed by atoms with Crippen LogP contribution in [0.4, 0.5) is 0 Å². The van der Waals surface area contributed by atoms with Gasteiger partial charge in [-0.15, -0.1) is 0 Å². The molecule has 0 aromatic heterocycles. The molecular formula is C10HNO5. The number of allylic oxidation sites excluding steroid dienone is 2. The average Bonchev–Trinajstić information content (AvgIpc) is 2.35. The van der Waals surface area contributed by atoms with Crippen LogP contribution in [-0.4, -0.2) is 29.7 Å². The normalized spacial score (nSPS) is 14.1. The van der Waals surface area contributed by atoms with Gasteiger partial charge in [0.2, 0.25) is 0 Å². The first kappa shape index (κ1) is 11.1. The van der Waals surface area contributed by atoms with Crippen molar-refractivity contribution in [2.24, 2.45) is 0 Å². The van der Waals surface area contributed by atoms with Crippen LogP contribution in [0.2, 0.25) is 0 Å². The molecule has 0 aromatic rings. The molecule has 1 fully saturated rings. The minimum absolute atomic E-state index is 0.481. The zero-order valence-corrected chi connectivity index (χ0v) is 7.54. The average molecular weight is 215 g/mol. The smallest absolute Gasteiger partial charge is 0.152 e. The van der Waals surface area contributed by atoms with Crippen molar-refractivity contribution in [3.63, 3.8) is 0 Å². The minimum atomic E-state index is -0.569. The van der Waals surface area contributed by atoms with Crippen LogP contribution in [0.5, 0.6) is 0 Å². The first-order chi connectivity index (χ1) is 7.73. The van der Waals surface area contributed by atoms with Gasteiger partial charge in [-0.2, -0.15) is 0 Å². The topological polar surface area (TPSA) is 97.4 Å². The lowest BCUT2D eigenvalue weighted by molar-refractivity contribution is 0.557. The Morgan fingerprint density at radius 3 is 1.19 bits per heavy atom. The van der Waals surface area contributed by atoms with E-state index in [0.29, 0.717) is 0 Å². The molecule has 0 radical (unpaired) electrons. The summed E-state index contributed by atoms with van der Waals surface area (Å²) in [7, 11) is 0. The van der Waals surface area contributed by atoms with Crippen molar-refractivity contribution in [1.29, 1.82) is 0 Å². The van der Waals surface area contributed by atoms with E-state index in [1.807, 2.05) is 0 Å². The molecule has 0 atom stereocenters. The summed E-state index contributed by atoms with van der Waals surface area (Å²) < 4.78 is 0. The van der Waals surface area contributed by atoms with Gasteiger partial charge in [0, 0.05) is 0 Å². The number of nitrogens with one attached hydrogen (secondary N) is 1. The standard InChI is InChI=1S/C10HNO5/c12-1-6-7(2-13)9(4-15)11-10(5-16)8(6)3-14/h11H. The molecule has 0 aliphatic carbocycles. The number of hydrogen-bond acceptors (Lipinski definition) is 6. The van der Waals surface area contributed by atoms with E-state index < -0.39 is 28.1 Å². The predicted molar refractivity (Wildman–Crippen MR) is 49.2 cm³/mol. The molecule has 1 aliphatic heterocycles. The Balaban J connectivity index is 3.71. The Morgan fingerprint density at radius 2 is 0.938 bits per heavy atom. The molecule has 6 heteroatoms. The third-order valence-electron chi connectivity index (χ3n) is 1.76. The molecule has 76 valence electrons. The van der Waals surface area contributed by atoms with E-state index in [2.05, 4.69) is 5.32 Å². The van der Waals surface area contributed by atoms with Gasteiger partial charge in [-0.05, 0) is 0 Å². The maximum atomic E-state index is 10.5. The summed E-state index contributed by atoms with van der Waals surface area (Å²) in [4.78, 5) is 52.4. The summed E-state index contributed by atoms with van der Waals surface area (Å²) in [6.45, 7) is 0. The third-order valence-corrected chi connectivity index (χ3v) is 1.76. The van der Waals surface area contributed by atoms with Gasteiger partial charge < -0.3 is 5.32 Å². The molecule has 1 N–H and O–H groups in total. The lowest BCUT2D eigenvalue weighted by Gasteiger charge is -2.16. The fourth-order valence-electron chi connectivity index (χ4n) is 1.08. The van der Waals surface area contributed by atoms with Gasteiger partial charge in [-0.1, -0.05) is 0 Å². The van der Waals surface area contributed by atoms with Crippen LogP contribution >= 0.6 is 0 Å². The Kier molecular flexibility index (Phi) is 3.14. The zero-order chi connectivity index (χ0) is 12.1. The lowest BCUT2D eigenvalue weighted by Crippen LogP contribution is -2.26. The van der Waals surface area contributed by atoms with Gasteiger partial charge in [-0.25, -0.2) is 24.0 Å². The van der Waals surface area contributed by atoms with Crippen LogP contribution < -0.4 is 5.32 Å². The van der Waals surface area contributed by atoms with E-state index in [1.165, 1.54) is 29.7 Å². The first-order valence-electron chi connectivity index (χ1n) is 3.77. The van der Waals surface area contributed by atoms with Gasteiger partial charge in [0.05, 0.1) is 0 Å². The third kappa shape index (κ3) is 1.53. The highest BCUT2D eigenvalue weighted by Crippen LogP contribution is 2.26. The molecular weight excluding hydrogens is 214 g/mol. The molecule has 0 aromatic carbocycles. The van der Waals surface area contributed by atoms with Gasteiger partial charge in [0.1, 0.15) is 45.9 Å². The Hall–Kier alpha value is -2.95. The summed E-state index contributed by atoms with van der Waals surface area (Å²) in [6, 6.07) is 0. The lowest BCUT2D eigenvalue weighted by atomic mass is 9.93. The molecule has 1 rings (SSSR count). The van der Waals surface area contributed by atoms with Gasteiger partial charge in [-0.3, -0.25) is 0 Å². The molecule has 16 heavy (non-hydrogen) atoms. The fourth-order valence-corrected chi connectivity index (χ4v) is 1.08. The highest BCUT2D eigenvalue weighted by atomic mass is 16.1. The fraction of sp³-hybridized carbons (Fsp3) is 0. The number of carbonyl (C=O) groups excluding carboxylic acids is 5. The van der Waals surface area contributed by atoms with Crippen LogP contribution in [0.1, 0.15) is 0 Å². The predicted octanol–water partition coefficient (Wildman–Crippen LogP) is -1.71. The second-order valence-corrected chi connectivity index (χ2v) is 2.51. The zero-order valence-electron chi connectivity index (χ0n) is 7.54. The summed E-state index contributed by atoms with van der Waals surface area (Å²) >= 11 is 0. The number of hydrogen-bond donors (Lipinski definition) is 1. The molecule has 0 spiro atoms. The van der Waals surface area contributed by atoms with Crippen molar-refractivity contribution in [2.75, 3.05) is 0 Å². The monoisotopic (exact) mass is 215 g/mol. The molecule has 1 saturated heterocycles. The molecule has 1 aliphatic rings. The van der Waals surface area contributed by atoms with Crippen LogP contribution in [0.25, 0.3) is 0 Å². The van der Waals surface area contributed by atoms with Gasteiger partial charge in [0.15, 0.2) is 11.9 Å². The summed E-state index contributed by atoms with van der Waals surface area (Å²) in [6.07, 6.45) is 0. The van der Waals surface area contributed by atoms with Crippen molar-refractivity contribution >= 4 is 29.7 Å². The van der Waals surface area contributed by atoms with Crippen LogP contribution in [0.15, 0.2) is 28.1 Å². The van der Waals surface area contributed by atoms with Crippen molar-refractivity contribution < 1.29 is 24.0 Å². The number of rotatable bonds is 0. The van der Waals surface area contributed by atoms with Crippen molar-refractivity contribution in [1.82, 2.24) is 5.32 Å². The van der Waals surface area contributed by atoms with E-state index in [0.717, 1.165) is 0 Å². The van der Waals surface area contributed by atoms with Crippen molar-refractivity contribution in [3.05, 3.63) is 28.1 Å². The summed E-state index contributed by atoms with van der Waals surface area (Å²) in [5.74, 6) is 6.40. The Labute approximate surface area is 87.9 Å². The summed E-state index contributed by atoms with van der Waals surface area (Å²) in [5, 5.41) is 2.11. The highest BCUT2D eigenvalue weighted by Gasteiger charge is 2.30. The SMILES string of the molecule is O=C=C1NC(=C=O)C(=C=O)C(=C=O)C1=C=O. The highest BCUT2D eigenvalue weighted by molar-refractivity contribution is 5.96. The van der Waals surface area contributed by atoms with Crippen molar-refractivity contribution in [3.8, 4) is 0 Å². The molecule has 1 heterocycles. The second kappa shape index (κ2) is 4.52. The van der Waals surface area contributed by atoms with E-state index in [4.69, 9.17) is 0 Å². The van der Waals surface area contributed by atoms with Crippen LogP contribution in [-0.2, 0) is 24.0 Å². The van der Waals surface area contributed by atoms with E-state index in [-0.39, 0.29) is 0 Å². The van der Waals surface area contributed by atoms with Crippen molar-refractivity contribution in [2.45, 2.75) is 0 Å². The van der Waals surface area contributed by atoms with E-state index in [1.54, 1.807) is 0 Å². The molecule has 0 saturated carbocycles. The van der Waals surface area contributed by atoms with Crippen LogP contribution in [0.3, 0.4) is 0 Å². The van der Waals surface area contributed by atoms with E-state index in [9.17, 15) is 24.0 Å². The van der Waals surface area contributed by atoms with Gasteiger partial charge >= 0.3 is 0 Å². The number of piperidine rings is 1. The molecule has 0 unspecified atom stereocenters. The molecule has 0 amide bonds.